The number of nitrogens with zero attached hydrogens (tertiary/aromatic N) is 1. The molecule has 18 heavy (non-hydrogen) atoms. The third-order valence-electron chi connectivity index (χ3n) is 3.35. The van der Waals surface area contributed by atoms with Gasteiger partial charge in [0.05, 0.1) is 5.56 Å². The van der Waals surface area contributed by atoms with Gasteiger partial charge in [0.15, 0.2) is 0 Å². The Balaban J connectivity index is 2.08. The molecule has 1 aliphatic rings. The van der Waals surface area contributed by atoms with Crippen molar-refractivity contribution < 1.29 is 19.4 Å². The molecule has 1 aromatic carbocycles. The van der Waals surface area contributed by atoms with E-state index in [1.165, 1.54) is 6.07 Å². The molecule has 0 bridgehead atoms. The summed E-state index contributed by atoms with van der Waals surface area (Å²) >= 11 is 0. The van der Waals surface area contributed by atoms with E-state index in [0.717, 1.165) is 25.0 Å². The molecule has 4 nitrogen and oxygen atoms in total. The number of amides is 1. The Hall–Kier alpha value is -1.62. The number of likely N-dealkylation sites (tertiary alicyclic amines) is 1. The van der Waals surface area contributed by atoms with Gasteiger partial charge in [0.2, 0.25) is 0 Å². The van der Waals surface area contributed by atoms with Gasteiger partial charge in [-0.1, -0.05) is 0 Å². The van der Waals surface area contributed by atoms with Gasteiger partial charge in [-0.25, -0.2) is 4.39 Å². The lowest BCUT2D eigenvalue weighted by Gasteiger charge is -2.31. The zero-order valence-corrected chi connectivity index (χ0v) is 9.97. The summed E-state index contributed by atoms with van der Waals surface area (Å²) in [4.78, 5) is 13.7. The Morgan fingerprint density at radius 2 is 2.06 bits per heavy atom. The third-order valence-corrected chi connectivity index (χ3v) is 3.35. The molecular formula is C13H16FNO3. The fourth-order valence-corrected chi connectivity index (χ4v) is 2.17. The van der Waals surface area contributed by atoms with Crippen molar-refractivity contribution in [3.8, 4) is 5.75 Å². The third kappa shape index (κ3) is 2.61. The van der Waals surface area contributed by atoms with Crippen LogP contribution < -0.4 is 0 Å². The largest absolute Gasteiger partial charge is 0.507 e. The number of halogens is 1. The number of phenols is 1. The SMILES string of the molecule is O=C(c1ccc(F)cc1O)N1CCC(CO)CC1. The predicted octanol–water partition coefficient (Wildman–Crippen LogP) is 1.38. The van der Waals surface area contributed by atoms with Crippen molar-refractivity contribution in [3.05, 3.63) is 29.6 Å². The monoisotopic (exact) mass is 253 g/mol. The molecule has 1 fully saturated rings. The first-order chi connectivity index (χ1) is 8.61. The molecule has 5 heteroatoms. The van der Waals surface area contributed by atoms with E-state index in [1.807, 2.05) is 0 Å². The van der Waals surface area contributed by atoms with Gasteiger partial charge in [0.25, 0.3) is 5.91 Å². The Morgan fingerprint density at radius 1 is 1.39 bits per heavy atom. The standard InChI is InChI=1S/C13H16FNO3/c14-10-1-2-11(12(17)7-10)13(18)15-5-3-9(8-16)4-6-15/h1-2,7,9,16-17H,3-6,8H2. The number of rotatable bonds is 2. The predicted molar refractivity (Wildman–Crippen MR) is 63.8 cm³/mol. The van der Waals surface area contributed by atoms with E-state index < -0.39 is 5.82 Å². The first-order valence-corrected chi connectivity index (χ1v) is 6.00. The number of aliphatic hydroxyl groups is 1. The summed E-state index contributed by atoms with van der Waals surface area (Å²) in [7, 11) is 0. The highest BCUT2D eigenvalue weighted by Gasteiger charge is 2.24. The molecule has 0 atom stereocenters. The summed E-state index contributed by atoms with van der Waals surface area (Å²) in [6, 6.07) is 3.40. The summed E-state index contributed by atoms with van der Waals surface area (Å²) < 4.78 is 12.8. The molecule has 98 valence electrons. The molecule has 2 rings (SSSR count). The van der Waals surface area contributed by atoms with Gasteiger partial charge in [0.1, 0.15) is 11.6 Å². The summed E-state index contributed by atoms with van der Waals surface area (Å²) in [5.74, 6) is -0.938. The van der Waals surface area contributed by atoms with Crippen LogP contribution in [0.25, 0.3) is 0 Å². The maximum Gasteiger partial charge on any atom is 0.257 e. The molecular weight excluding hydrogens is 237 g/mol. The summed E-state index contributed by atoms with van der Waals surface area (Å²) in [5.41, 5.74) is 0.124. The normalized spacial score (nSPS) is 16.9. The Morgan fingerprint density at radius 3 is 2.61 bits per heavy atom. The molecule has 1 aromatic rings. The number of phenolic OH excluding ortho intramolecular Hbond substituents is 1. The van der Waals surface area contributed by atoms with E-state index in [2.05, 4.69) is 0 Å². The van der Waals surface area contributed by atoms with Gasteiger partial charge in [0, 0.05) is 25.8 Å². The van der Waals surface area contributed by atoms with Gasteiger partial charge < -0.3 is 15.1 Å². The van der Waals surface area contributed by atoms with Crippen molar-refractivity contribution in [2.75, 3.05) is 19.7 Å². The number of aromatic hydroxyl groups is 1. The molecule has 1 heterocycles. The highest BCUT2D eigenvalue weighted by atomic mass is 19.1. The van der Waals surface area contributed by atoms with Crippen molar-refractivity contribution in [1.82, 2.24) is 4.90 Å². The van der Waals surface area contributed by atoms with Gasteiger partial charge in [-0.3, -0.25) is 4.79 Å². The average Bonchev–Trinajstić information content (AvgIpc) is 2.38. The number of carbonyl (C=O) groups excluding carboxylic acids is 1. The zero-order chi connectivity index (χ0) is 13.1. The highest BCUT2D eigenvalue weighted by Crippen LogP contribution is 2.23. The van der Waals surface area contributed by atoms with Gasteiger partial charge in [-0.2, -0.15) is 0 Å². The minimum Gasteiger partial charge on any atom is -0.507 e. The average molecular weight is 253 g/mol. The second-order valence-electron chi connectivity index (χ2n) is 4.58. The quantitative estimate of drug-likeness (QED) is 0.837. The Bertz CT molecular complexity index is 442. The molecule has 1 aliphatic heterocycles. The molecule has 1 saturated heterocycles. The van der Waals surface area contributed by atoms with E-state index in [9.17, 15) is 14.3 Å². The van der Waals surface area contributed by atoms with Crippen LogP contribution in [0.15, 0.2) is 18.2 Å². The molecule has 2 N–H and O–H groups in total. The summed E-state index contributed by atoms with van der Waals surface area (Å²) in [6.45, 7) is 1.26. The maximum atomic E-state index is 12.8. The van der Waals surface area contributed by atoms with Crippen LogP contribution in [0.4, 0.5) is 4.39 Å². The fourth-order valence-electron chi connectivity index (χ4n) is 2.17. The lowest BCUT2D eigenvalue weighted by atomic mass is 9.97. The molecule has 0 aliphatic carbocycles. The first kappa shape index (κ1) is 12.8. The van der Waals surface area contributed by atoms with Gasteiger partial charge >= 0.3 is 0 Å². The van der Waals surface area contributed by atoms with E-state index >= 15 is 0 Å². The summed E-state index contributed by atoms with van der Waals surface area (Å²) in [6.07, 6.45) is 1.51. The van der Waals surface area contributed by atoms with Crippen LogP contribution in [0.1, 0.15) is 23.2 Å². The smallest absolute Gasteiger partial charge is 0.257 e. The highest BCUT2D eigenvalue weighted by molar-refractivity contribution is 5.96. The fraction of sp³-hybridized carbons (Fsp3) is 0.462. The van der Waals surface area contributed by atoms with E-state index in [1.54, 1.807) is 4.90 Å². The van der Waals surface area contributed by atoms with Crippen molar-refractivity contribution in [2.24, 2.45) is 5.92 Å². The van der Waals surface area contributed by atoms with Crippen LogP contribution in [0.5, 0.6) is 5.75 Å². The second-order valence-corrected chi connectivity index (χ2v) is 4.58. The van der Waals surface area contributed by atoms with Gasteiger partial charge in [-0.15, -0.1) is 0 Å². The number of carbonyl (C=O) groups is 1. The molecule has 0 spiro atoms. The van der Waals surface area contributed by atoms with Crippen LogP contribution >= 0.6 is 0 Å². The van der Waals surface area contributed by atoms with Crippen molar-refractivity contribution >= 4 is 5.91 Å². The minimum atomic E-state index is -0.567. The van der Waals surface area contributed by atoms with E-state index in [-0.39, 0.29) is 29.7 Å². The summed E-state index contributed by atoms with van der Waals surface area (Å²) in [5, 5.41) is 18.6. The topological polar surface area (TPSA) is 60.8 Å². The van der Waals surface area contributed by atoms with Crippen molar-refractivity contribution in [1.29, 1.82) is 0 Å². The molecule has 0 radical (unpaired) electrons. The zero-order valence-electron chi connectivity index (χ0n) is 9.97. The molecule has 0 unspecified atom stereocenters. The minimum absolute atomic E-state index is 0.124. The number of aliphatic hydroxyl groups excluding tert-OH is 1. The first-order valence-electron chi connectivity index (χ1n) is 6.00. The second kappa shape index (κ2) is 5.35. The van der Waals surface area contributed by atoms with Crippen LogP contribution in [0.3, 0.4) is 0 Å². The number of benzene rings is 1. The van der Waals surface area contributed by atoms with E-state index in [0.29, 0.717) is 13.1 Å². The van der Waals surface area contributed by atoms with Crippen molar-refractivity contribution in [2.45, 2.75) is 12.8 Å². The lowest BCUT2D eigenvalue weighted by Crippen LogP contribution is -2.39. The molecule has 0 aromatic heterocycles. The maximum absolute atomic E-state index is 12.8. The number of hydrogen-bond donors (Lipinski definition) is 2. The molecule has 1 amide bonds. The van der Waals surface area contributed by atoms with E-state index in [4.69, 9.17) is 5.11 Å². The van der Waals surface area contributed by atoms with Gasteiger partial charge in [-0.05, 0) is 30.9 Å². The Labute approximate surface area is 105 Å². The van der Waals surface area contributed by atoms with Crippen LogP contribution in [0.2, 0.25) is 0 Å². The Kier molecular flexibility index (Phi) is 3.81. The van der Waals surface area contributed by atoms with Crippen LogP contribution in [0, 0.1) is 11.7 Å². The number of piperidine rings is 1. The van der Waals surface area contributed by atoms with Crippen LogP contribution in [-0.4, -0.2) is 40.7 Å². The van der Waals surface area contributed by atoms with Crippen LogP contribution in [-0.2, 0) is 0 Å². The lowest BCUT2D eigenvalue weighted by molar-refractivity contribution is 0.0648. The molecule has 0 saturated carbocycles. The van der Waals surface area contributed by atoms with Crippen molar-refractivity contribution in [3.63, 3.8) is 0 Å². The number of hydrogen-bond acceptors (Lipinski definition) is 3.